The van der Waals surface area contributed by atoms with Gasteiger partial charge in [-0.25, -0.2) is 0 Å². The maximum atomic E-state index is 11.0. The van der Waals surface area contributed by atoms with Crippen molar-refractivity contribution < 1.29 is 4.79 Å². The largest absolute Gasteiger partial charge is 0.355 e. The van der Waals surface area contributed by atoms with E-state index in [2.05, 4.69) is 17.3 Å². The van der Waals surface area contributed by atoms with Crippen molar-refractivity contribution in [3.05, 3.63) is 0 Å². The van der Waals surface area contributed by atoms with Crippen LogP contribution in [-0.4, -0.2) is 37.5 Å². The van der Waals surface area contributed by atoms with Gasteiger partial charge in [0, 0.05) is 24.9 Å². The van der Waals surface area contributed by atoms with Crippen LogP contribution < -0.4 is 5.32 Å². The van der Waals surface area contributed by atoms with Gasteiger partial charge >= 0.3 is 0 Å². The van der Waals surface area contributed by atoms with Gasteiger partial charge in [-0.1, -0.05) is 0 Å². The molecule has 2 fully saturated rings. The number of hydrogen-bond donors (Lipinski definition) is 1. The van der Waals surface area contributed by atoms with Crippen LogP contribution in [0.3, 0.4) is 0 Å². The van der Waals surface area contributed by atoms with Gasteiger partial charge in [0.25, 0.3) is 0 Å². The van der Waals surface area contributed by atoms with Gasteiger partial charge < -0.3 is 10.2 Å². The quantitative estimate of drug-likeness (QED) is 0.525. The van der Waals surface area contributed by atoms with Gasteiger partial charge in [0.2, 0.25) is 5.91 Å². The monoisotopic (exact) mass is 154 g/mol. The summed E-state index contributed by atoms with van der Waals surface area (Å²) in [6, 6.07) is 0. The lowest BCUT2D eigenvalue weighted by molar-refractivity contribution is -0.119. The van der Waals surface area contributed by atoms with E-state index in [1.54, 1.807) is 0 Å². The highest BCUT2D eigenvalue weighted by Gasteiger charge is 2.42. The zero-order valence-corrected chi connectivity index (χ0v) is 6.89. The molecule has 3 heteroatoms. The van der Waals surface area contributed by atoms with E-state index in [-0.39, 0.29) is 5.91 Å². The molecule has 2 aliphatic heterocycles. The molecule has 0 aliphatic carbocycles. The highest BCUT2D eigenvalue weighted by molar-refractivity contribution is 5.79. The molecule has 2 rings (SSSR count). The minimum Gasteiger partial charge on any atom is -0.355 e. The first-order valence-corrected chi connectivity index (χ1v) is 4.16. The van der Waals surface area contributed by atoms with Crippen molar-refractivity contribution >= 4 is 5.91 Å². The molecule has 1 spiro atoms. The third-order valence-electron chi connectivity index (χ3n) is 2.83. The summed E-state index contributed by atoms with van der Waals surface area (Å²) in [5.41, 5.74) is 0.297. The van der Waals surface area contributed by atoms with Crippen molar-refractivity contribution in [2.45, 2.75) is 12.8 Å². The first kappa shape index (κ1) is 7.10. The summed E-state index contributed by atoms with van der Waals surface area (Å²) in [6.07, 6.45) is 1.93. The summed E-state index contributed by atoms with van der Waals surface area (Å²) in [4.78, 5) is 13.3. The van der Waals surface area contributed by atoms with E-state index < -0.39 is 0 Å². The molecule has 1 amide bonds. The zero-order chi connectivity index (χ0) is 7.90. The van der Waals surface area contributed by atoms with Gasteiger partial charge in [-0.15, -0.1) is 0 Å². The Hall–Kier alpha value is -0.570. The molecule has 2 aliphatic rings. The fraction of sp³-hybridized carbons (Fsp3) is 0.875. The van der Waals surface area contributed by atoms with Crippen molar-refractivity contribution in [3.63, 3.8) is 0 Å². The predicted molar refractivity (Wildman–Crippen MR) is 42.2 cm³/mol. The Morgan fingerprint density at radius 1 is 1.64 bits per heavy atom. The fourth-order valence-corrected chi connectivity index (χ4v) is 2.20. The summed E-state index contributed by atoms with van der Waals surface area (Å²) in [5.74, 6) is 0.236. The molecule has 1 atom stereocenters. The number of nitrogens with one attached hydrogen (secondary N) is 1. The molecule has 0 aromatic heterocycles. The molecule has 0 bridgehead atoms. The topological polar surface area (TPSA) is 32.3 Å². The molecular formula is C8H14N2O. The van der Waals surface area contributed by atoms with Crippen LogP contribution in [0.2, 0.25) is 0 Å². The molecule has 1 unspecified atom stereocenters. The molecule has 0 saturated carbocycles. The summed E-state index contributed by atoms with van der Waals surface area (Å²) in [6.45, 7) is 3.14. The van der Waals surface area contributed by atoms with Gasteiger partial charge in [0.05, 0.1) is 0 Å². The van der Waals surface area contributed by atoms with Gasteiger partial charge in [-0.05, 0) is 20.0 Å². The second kappa shape index (κ2) is 2.21. The Balaban J connectivity index is 2.07. The number of rotatable bonds is 0. The number of likely N-dealkylation sites (tertiary alicyclic amines) is 1. The fourth-order valence-electron chi connectivity index (χ4n) is 2.20. The van der Waals surface area contributed by atoms with Crippen molar-refractivity contribution in [2.75, 3.05) is 26.7 Å². The number of amides is 1. The summed E-state index contributed by atoms with van der Waals surface area (Å²) < 4.78 is 0. The van der Waals surface area contributed by atoms with Crippen LogP contribution in [0.25, 0.3) is 0 Å². The minimum atomic E-state index is 0.236. The molecular weight excluding hydrogens is 140 g/mol. The van der Waals surface area contributed by atoms with E-state index in [1.807, 2.05) is 0 Å². The summed E-state index contributed by atoms with van der Waals surface area (Å²) in [7, 11) is 2.12. The molecule has 0 aromatic rings. The maximum absolute atomic E-state index is 11.0. The molecule has 0 radical (unpaired) electrons. The van der Waals surface area contributed by atoms with Crippen LogP contribution in [0, 0.1) is 5.41 Å². The third kappa shape index (κ3) is 1.13. The van der Waals surface area contributed by atoms with Crippen LogP contribution in [0.1, 0.15) is 12.8 Å². The first-order chi connectivity index (χ1) is 5.20. The Morgan fingerprint density at radius 3 is 2.91 bits per heavy atom. The normalized spacial score (nSPS) is 38.5. The Labute approximate surface area is 66.8 Å². The van der Waals surface area contributed by atoms with Gasteiger partial charge in [0.15, 0.2) is 0 Å². The molecule has 2 heterocycles. The third-order valence-corrected chi connectivity index (χ3v) is 2.83. The van der Waals surface area contributed by atoms with Crippen LogP contribution in [-0.2, 0) is 4.79 Å². The van der Waals surface area contributed by atoms with E-state index >= 15 is 0 Å². The Bertz CT molecular complexity index is 193. The van der Waals surface area contributed by atoms with E-state index in [1.165, 1.54) is 6.42 Å². The minimum absolute atomic E-state index is 0.236. The average Bonchev–Trinajstić information content (AvgIpc) is 2.44. The number of nitrogens with zero attached hydrogens (tertiary/aromatic N) is 1. The highest BCUT2D eigenvalue weighted by Crippen LogP contribution is 2.35. The predicted octanol–water partition coefficient (Wildman–Crippen LogP) is -0.172. The van der Waals surface area contributed by atoms with Crippen molar-refractivity contribution in [1.82, 2.24) is 10.2 Å². The standard InChI is InChI=1S/C8H14N2O/c1-10-3-2-8(6-10)4-7(11)9-5-8/h2-6H2,1H3,(H,9,11). The molecule has 11 heavy (non-hydrogen) atoms. The Morgan fingerprint density at radius 2 is 2.45 bits per heavy atom. The van der Waals surface area contributed by atoms with Crippen LogP contribution in [0.4, 0.5) is 0 Å². The van der Waals surface area contributed by atoms with Crippen LogP contribution in [0.15, 0.2) is 0 Å². The Kier molecular flexibility index (Phi) is 1.42. The lowest BCUT2D eigenvalue weighted by atomic mass is 9.86. The molecule has 2 saturated heterocycles. The van der Waals surface area contributed by atoms with Gasteiger partial charge in [0.1, 0.15) is 0 Å². The maximum Gasteiger partial charge on any atom is 0.220 e. The van der Waals surface area contributed by atoms with Crippen molar-refractivity contribution in [3.8, 4) is 0 Å². The van der Waals surface area contributed by atoms with Crippen molar-refractivity contribution in [1.29, 1.82) is 0 Å². The SMILES string of the molecule is CN1CCC2(CNC(=O)C2)C1. The average molecular weight is 154 g/mol. The van der Waals surface area contributed by atoms with E-state index in [0.29, 0.717) is 5.41 Å². The number of carbonyl (C=O) groups is 1. The van der Waals surface area contributed by atoms with Gasteiger partial charge in [-0.2, -0.15) is 0 Å². The summed E-state index contributed by atoms with van der Waals surface area (Å²) >= 11 is 0. The van der Waals surface area contributed by atoms with Crippen LogP contribution in [0.5, 0.6) is 0 Å². The lowest BCUT2D eigenvalue weighted by Gasteiger charge is -2.19. The molecule has 62 valence electrons. The highest BCUT2D eigenvalue weighted by atomic mass is 16.1. The molecule has 0 aromatic carbocycles. The molecule has 3 nitrogen and oxygen atoms in total. The molecule has 1 N–H and O–H groups in total. The van der Waals surface area contributed by atoms with E-state index in [0.717, 1.165) is 26.1 Å². The zero-order valence-electron chi connectivity index (χ0n) is 6.89. The second-order valence-corrected chi connectivity index (χ2v) is 3.94. The second-order valence-electron chi connectivity index (χ2n) is 3.94. The summed E-state index contributed by atoms with van der Waals surface area (Å²) in [5, 5.41) is 2.91. The van der Waals surface area contributed by atoms with Crippen LogP contribution >= 0.6 is 0 Å². The number of carbonyl (C=O) groups excluding carboxylic acids is 1. The van der Waals surface area contributed by atoms with E-state index in [9.17, 15) is 4.79 Å². The smallest absolute Gasteiger partial charge is 0.220 e. The van der Waals surface area contributed by atoms with E-state index in [4.69, 9.17) is 0 Å². The van der Waals surface area contributed by atoms with Gasteiger partial charge in [-0.3, -0.25) is 4.79 Å². The van der Waals surface area contributed by atoms with Crippen molar-refractivity contribution in [2.24, 2.45) is 5.41 Å². The lowest BCUT2D eigenvalue weighted by Crippen LogP contribution is -2.27. The number of hydrogen-bond acceptors (Lipinski definition) is 2. The first-order valence-electron chi connectivity index (χ1n) is 4.16.